The fourth-order valence-corrected chi connectivity index (χ4v) is 2.36. The molecule has 0 aliphatic carbocycles. The highest BCUT2D eigenvalue weighted by Crippen LogP contribution is 2.33. The van der Waals surface area contributed by atoms with Gasteiger partial charge < -0.3 is 9.88 Å². The van der Waals surface area contributed by atoms with Crippen LogP contribution < -0.4 is 5.32 Å². The van der Waals surface area contributed by atoms with Crippen LogP contribution in [0.1, 0.15) is 19.4 Å². The van der Waals surface area contributed by atoms with E-state index < -0.39 is 0 Å². The molecule has 1 N–H and O–H groups in total. The van der Waals surface area contributed by atoms with Gasteiger partial charge in [-0.25, -0.2) is 0 Å². The van der Waals surface area contributed by atoms with Gasteiger partial charge in [0.2, 0.25) is 0 Å². The Hall–Kier alpha value is -0.990. The number of fused-ring (bicyclic) bond motifs is 1. The zero-order valence-electron chi connectivity index (χ0n) is 10.1. The number of aryl methyl sites for hydroxylation is 1. The smallest absolute Gasteiger partial charge is 0.0670 e. The van der Waals surface area contributed by atoms with Crippen LogP contribution in [0, 0.1) is 0 Å². The summed E-state index contributed by atoms with van der Waals surface area (Å²) in [6.07, 6.45) is 2.15. The molecule has 0 saturated carbocycles. The molecule has 0 saturated heterocycles. The van der Waals surface area contributed by atoms with Gasteiger partial charge in [-0.3, -0.25) is 0 Å². The van der Waals surface area contributed by atoms with Crippen LogP contribution in [0.25, 0.3) is 10.9 Å². The van der Waals surface area contributed by atoms with E-state index in [9.17, 15) is 0 Å². The molecule has 0 radical (unpaired) electrons. The number of para-hydroxylation sites is 1. The van der Waals surface area contributed by atoms with Crippen molar-refractivity contribution in [3.63, 3.8) is 0 Å². The molecule has 3 heteroatoms. The SMILES string of the molecule is CNC(C)(C)c1cn(C)c2c(Cl)cccc12. The molecule has 0 aliphatic heterocycles. The summed E-state index contributed by atoms with van der Waals surface area (Å²) in [5, 5.41) is 5.35. The van der Waals surface area contributed by atoms with Gasteiger partial charge >= 0.3 is 0 Å². The van der Waals surface area contributed by atoms with Gasteiger partial charge in [-0.15, -0.1) is 0 Å². The highest BCUT2D eigenvalue weighted by Gasteiger charge is 2.23. The first kappa shape index (κ1) is 11.5. The maximum Gasteiger partial charge on any atom is 0.0670 e. The van der Waals surface area contributed by atoms with Crippen LogP contribution in [0.3, 0.4) is 0 Å². The van der Waals surface area contributed by atoms with E-state index in [0.29, 0.717) is 0 Å². The topological polar surface area (TPSA) is 17.0 Å². The number of nitrogens with one attached hydrogen (secondary N) is 1. The highest BCUT2D eigenvalue weighted by atomic mass is 35.5. The first-order valence-electron chi connectivity index (χ1n) is 5.40. The van der Waals surface area contributed by atoms with Crippen LogP contribution in [0.5, 0.6) is 0 Å². The minimum Gasteiger partial charge on any atom is -0.349 e. The van der Waals surface area contributed by atoms with Crippen molar-refractivity contribution in [1.82, 2.24) is 9.88 Å². The minimum atomic E-state index is -0.0514. The van der Waals surface area contributed by atoms with Gasteiger partial charge in [-0.2, -0.15) is 0 Å². The van der Waals surface area contributed by atoms with Crippen molar-refractivity contribution in [2.75, 3.05) is 7.05 Å². The predicted octanol–water partition coefficient (Wildman–Crippen LogP) is 3.29. The standard InChI is InChI=1S/C13H17ClN2/c1-13(2,15-3)10-8-16(4)12-9(10)6-5-7-11(12)14/h5-8,15H,1-4H3. The summed E-state index contributed by atoms with van der Waals surface area (Å²) in [6.45, 7) is 4.34. The number of aromatic nitrogens is 1. The normalized spacial score (nSPS) is 12.3. The first-order chi connectivity index (χ1) is 7.47. The van der Waals surface area contributed by atoms with E-state index in [1.807, 2.05) is 26.2 Å². The van der Waals surface area contributed by atoms with Gasteiger partial charge in [0, 0.05) is 24.2 Å². The molecule has 16 heavy (non-hydrogen) atoms. The van der Waals surface area contributed by atoms with Crippen LogP contribution in [0.2, 0.25) is 5.02 Å². The average molecular weight is 237 g/mol. The lowest BCUT2D eigenvalue weighted by atomic mass is 9.94. The summed E-state index contributed by atoms with van der Waals surface area (Å²) >= 11 is 6.23. The monoisotopic (exact) mass is 236 g/mol. The van der Waals surface area contributed by atoms with Crippen molar-refractivity contribution in [2.45, 2.75) is 19.4 Å². The summed E-state index contributed by atoms with van der Waals surface area (Å²) in [6, 6.07) is 6.05. The molecular formula is C13H17ClN2. The van der Waals surface area contributed by atoms with E-state index in [0.717, 1.165) is 10.5 Å². The Labute approximate surface area is 101 Å². The molecule has 0 bridgehead atoms. The van der Waals surface area contributed by atoms with Crippen LogP contribution in [0.15, 0.2) is 24.4 Å². The zero-order chi connectivity index (χ0) is 11.9. The van der Waals surface area contributed by atoms with Crippen molar-refractivity contribution in [3.8, 4) is 0 Å². The van der Waals surface area contributed by atoms with Gasteiger partial charge in [0.1, 0.15) is 0 Å². The van der Waals surface area contributed by atoms with Crippen LogP contribution in [-0.4, -0.2) is 11.6 Å². The van der Waals surface area contributed by atoms with E-state index in [-0.39, 0.29) is 5.54 Å². The van der Waals surface area contributed by atoms with Gasteiger partial charge in [-0.1, -0.05) is 23.7 Å². The summed E-state index contributed by atoms with van der Waals surface area (Å²) in [5.74, 6) is 0. The third-order valence-electron chi connectivity index (χ3n) is 3.25. The molecule has 2 aromatic rings. The van der Waals surface area contributed by atoms with Gasteiger partial charge in [0.25, 0.3) is 0 Å². The minimum absolute atomic E-state index is 0.0514. The summed E-state index contributed by atoms with van der Waals surface area (Å²) < 4.78 is 2.09. The van der Waals surface area contributed by atoms with Crippen molar-refractivity contribution in [3.05, 3.63) is 35.0 Å². The van der Waals surface area contributed by atoms with Gasteiger partial charge in [0.15, 0.2) is 0 Å². The quantitative estimate of drug-likeness (QED) is 0.847. The van der Waals surface area contributed by atoms with Gasteiger partial charge in [-0.05, 0) is 32.5 Å². The van der Waals surface area contributed by atoms with E-state index in [1.165, 1.54) is 10.9 Å². The highest BCUT2D eigenvalue weighted by molar-refractivity contribution is 6.35. The maximum atomic E-state index is 6.23. The number of halogens is 1. The largest absolute Gasteiger partial charge is 0.349 e. The van der Waals surface area contributed by atoms with Crippen molar-refractivity contribution < 1.29 is 0 Å². The molecule has 0 amide bonds. The van der Waals surface area contributed by atoms with Crippen LogP contribution in [0.4, 0.5) is 0 Å². The summed E-state index contributed by atoms with van der Waals surface area (Å²) in [5.41, 5.74) is 2.32. The Bertz CT molecular complexity index is 526. The molecule has 1 aromatic heterocycles. The fraction of sp³-hybridized carbons (Fsp3) is 0.385. The second-order valence-electron chi connectivity index (χ2n) is 4.66. The lowest BCUT2D eigenvalue weighted by Gasteiger charge is -2.23. The molecule has 2 rings (SSSR count). The third-order valence-corrected chi connectivity index (χ3v) is 3.56. The molecule has 2 nitrogen and oxygen atoms in total. The third kappa shape index (κ3) is 1.62. The predicted molar refractivity (Wildman–Crippen MR) is 70.0 cm³/mol. The second-order valence-corrected chi connectivity index (χ2v) is 5.07. The van der Waals surface area contributed by atoms with Crippen molar-refractivity contribution in [1.29, 1.82) is 0 Å². The molecule has 0 unspecified atom stereocenters. The number of rotatable bonds is 2. The lowest BCUT2D eigenvalue weighted by Crippen LogP contribution is -2.32. The first-order valence-corrected chi connectivity index (χ1v) is 5.78. The summed E-state index contributed by atoms with van der Waals surface area (Å²) in [4.78, 5) is 0. The zero-order valence-corrected chi connectivity index (χ0v) is 10.9. The van der Waals surface area contributed by atoms with Crippen molar-refractivity contribution in [2.24, 2.45) is 7.05 Å². The molecule has 0 aliphatic rings. The number of hydrogen-bond acceptors (Lipinski definition) is 1. The van der Waals surface area contributed by atoms with Crippen molar-refractivity contribution >= 4 is 22.5 Å². The number of nitrogens with zero attached hydrogens (tertiary/aromatic N) is 1. The fourth-order valence-electron chi connectivity index (χ4n) is 2.05. The summed E-state index contributed by atoms with van der Waals surface area (Å²) in [7, 11) is 4.01. The number of hydrogen-bond donors (Lipinski definition) is 1. The molecule has 1 aromatic carbocycles. The maximum absolute atomic E-state index is 6.23. The lowest BCUT2D eigenvalue weighted by molar-refractivity contribution is 0.447. The Morgan fingerprint density at radius 3 is 2.62 bits per heavy atom. The molecule has 0 fully saturated rings. The van der Waals surface area contributed by atoms with Crippen LogP contribution in [-0.2, 0) is 12.6 Å². The Morgan fingerprint density at radius 1 is 1.31 bits per heavy atom. The molecular weight excluding hydrogens is 220 g/mol. The van der Waals surface area contributed by atoms with Gasteiger partial charge in [0.05, 0.1) is 10.5 Å². The molecule has 86 valence electrons. The van der Waals surface area contributed by atoms with E-state index in [2.05, 4.69) is 36.0 Å². The molecule has 0 atom stereocenters. The molecule has 0 spiro atoms. The Balaban J connectivity index is 2.79. The van der Waals surface area contributed by atoms with E-state index >= 15 is 0 Å². The van der Waals surface area contributed by atoms with Crippen LogP contribution >= 0.6 is 11.6 Å². The van der Waals surface area contributed by atoms with E-state index in [4.69, 9.17) is 11.6 Å². The second kappa shape index (κ2) is 3.79. The number of benzene rings is 1. The Morgan fingerprint density at radius 2 is 2.00 bits per heavy atom. The molecule has 1 heterocycles. The van der Waals surface area contributed by atoms with E-state index in [1.54, 1.807) is 0 Å². The average Bonchev–Trinajstić information content (AvgIpc) is 2.58. The Kier molecular flexibility index (Phi) is 2.72.